The first-order valence-corrected chi connectivity index (χ1v) is 7.81. The highest BCUT2D eigenvalue weighted by Crippen LogP contribution is 2.20. The van der Waals surface area contributed by atoms with E-state index in [1.165, 1.54) is 17.7 Å². The van der Waals surface area contributed by atoms with Crippen molar-refractivity contribution < 1.29 is 8.60 Å². The van der Waals surface area contributed by atoms with E-state index in [-0.39, 0.29) is 4.90 Å². The molecule has 20 heavy (non-hydrogen) atoms. The molecule has 0 bridgehead atoms. The van der Waals surface area contributed by atoms with E-state index in [0.29, 0.717) is 17.4 Å². The summed E-state index contributed by atoms with van der Waals surface area (Å²) in [5.74, 6) is 0.255. The van der Waals surface area contributed by atoms with E-state index in [0.717, 1.165) is 5.56 Å². The molecular weight excluding hydrogens is 273 g/mol. The summed E-state index contributed by atoms with van der Waals surface area (Å²) < 4.78 is 25.9. The molecule has 0 fully saturated rings. The Hall–Kier alpha value is -1.68. The molecule has 106 valence electrons. The normalized spacial score (nSPS) is 12.6. The summed E-state index contributed by atoms with van der Waals surface area (Å²) in [7, 11) is -1.40. The van der Waals surface area contributed by atoms with Crippen LogP contribution in [0.2, 0.25) is 0 Å². The highest BCUT2D eigenvalue weighted by atomic mass is 32.2. The van der Waals surface area contributed by atoms with Gasteiger partial charge in [0.25, 0.3) is 0 Å². The number of hydrogen-bond donors (Lipinski definition) is 1. The van der Waals surface area contributed by atoms with Crippen molar-refractivity contribution in [2.24, 2.45) is 0 Å². The molecule has 0 heterocycles. The smallest absolute Gasteiger partial charge is 0.141 e. The molecule has 0 amide bonds. The van der Waals surface area contributed by atoms with E-state index in [9.17, 15) is 8.60 Å². The molecule has 0 radical (unpaired) electrons. The fraction of sp³-hybridized carbons (Fsp3) is 0.250. The van der Waals surface area contributed by atoms with Crippen LogP contribution < -0.4 is 5.73 Å². The molecule has 0 aliphatic heterocycles. The van der Waals surface area contributed by atoms with Gasteiger partial charge in [0, 0.05) is 5.69 Å². The van der Waals surface area contributed by atoms with E-state index in [4.69, 9.17) is 5.73 Å². The first-order chi connectivity index (χ1) is 9.47. The maximum absolute atomic E-state index is 13.7. The number of hydrogen-bond acceptors (Lipinski definition) is 2. The van der Waals surface area contributed by atoms with Crippen molar-refractivity contribution in [2.75, 3.05) is 5.73 Å². The predicted octanol–water partition coefficient (Wildman–Crippen LogP) is 3.84. The Balaban J connectivity index is 2.15. The molecule has 1 unspecified atom stereocenters. The molecular formula is C16H18FNOS. The van der Waals surface area contributed by atoms with Gasteiger partial charge in [0.05, 0.1) is 21.4 Å². The third-order valence-electron chi connectivity index (χ3n) is 3.15. The lowest BCUT2D eigenvalue weighted by Gasteiger charge is -2.08. The zero-order valence-electron chi connectivity index (χ0n) is 11.6. The number of rotatable bonds is 4. The first kappa shape index (κ1) is 14.7. The van der Waals surface area contributed by atoms with Gasteiger partial charge in [-0.25, -0.2) is 4.39 Å². The maximum atomic E-state index is 13.7. The minimum absolute atomic E-state index is 0.201. The average molecular weight is 291 g/mol. The number of benzene rings is 2. The van der Waals surface area contributed by atoms with Crippen molar-refractivity contribution in [1.29, 1.82) is 0 Å². The van der Waals surface area contributed by atoms with E-state index in [1.807, 2.05) is 24.3 Å². The lowest BCUT2D eigenvalue weighted by molar-refractivity contribution is 0.596. The minimum Gasteiger partial charge on any atom is -0.399 e. The maximum Gasteiger partial charge on any atom is 0.141 e. The van der Waals surface area contributed by atoms with Crippen molar-refractivity contribution in [3.8, 4) is 0 Å². The quantitative estimate of drug-likeness (QED) is 0.870. The van der Waals surface area contributed by atoms with E-state index in [2.05, 4.69) is 13.8 Å². The van der Waals surface area contributed by atoms with Crippen LogP contribution in [0.4, 0.5) is 10.1 Å². The summed E-state index contributed by atoms with van der Waals surface area (Å²) in [6.45, 7) is 4.24. The molecule has 2 aromatic carbocycles. The SMILES string of the molecule is CC(C)c1ccc(CS(=O)c2ccc(N)cc2F)cc1. The molecule has 0 aromatic heterocycles. The molecule has 0 aliphatic rings. The first-order valence-electron chi connectivity index (χ1n) is 6.49. The topological polar surface area (TPSA) is 43.1 Å². The van der Waals surface area contributed by atoms with Gasteiger partial charge in [0.2, 0.25) is 0 Å². The molecule has 2 N–H and O–H groups in total. The Bertz CT molecular complexity index is 623. The van der Waals surface area contributed by atoms with Gasteiger partial charge in [-0.1, -0.05) is 38.1 Å². The summed E-state index contributed by atoms with van der Waals surface area (Å²) in [5, 5.41) is 0. The second-order valence-electron chi connectivity index (χ2n) is 5.08. The largest absolute Gasteiger partial charge is 0.399 e. The highest BCUT2D eigenvalue weighted by molar-refractivity contribution is 7.84. The summed E-state index contributed by atoms with van der Waals surface area (Å²) in [6.07, 6.45) is 0. The Labute approximate surface area is 121 Å². The van der Waals surface area contributed by atoms with Crippen LogP contribution in [0.5, 0.6) is 0 Å². The van der Waals surface area contributed by atoms with Crippen LogP contribution >= 0.6 is 0 Å². The van der Waals surface area contributed by atoms with Crippen LogP contribution in [0, 0.1) is 5.82 Å². The van der Waals surface area contributed by atoms with E-state index >= 15 is 0 Å². The fourth-order valence-electron chi connectivity index (χ4n) is 1.93. The van der Waals surface area contributed by atoms with Crippen LogP contribution in [0.15, 0.2) is 47.4 Å². The van der Waals surface area contributed by atoms with Crippen molar-refractivity contribution in [1.82, 2.24) is 0 Å². The summed E-state index contributed by atoms with van der Waals surface area (Å²) in [4.78, 5) is 0.201. The van der Waals surface area contributed by atoms with Crippen LogP contribution in [0.25, 0.3) is 0 Å². The third-order valence-corrected chi connectivity index (χ3v) is 4.56. The molecule has 4 heteroatoms. The van der Waals surface area contributed by atoms with Crippen molar-refractivity contribution >= 4 is 16.5 Å². The zero-order chi connectivity index (χ0) is 14.7. The number of anilines is 1. The van der Waals surface area contributed by atoms with Gasteiger partial charge in [-0.3, -0.25) is 4.21 Å². The average Bonchev–Trinajstić information content (AvgIpc) is 2.39. The highest BCUT2D eigenvalue weighted by Gasteiger charge is 2.11. The van der Waals surface area contributed by atoms with Gasteiger partial charge in [0.15, 0.2) is 0 Å². The Morgan fingerprint density at radius 3 is 2.35 bits per heavy atom. The summed E-state index contributed by atoms with van der Waals surface area (Å²) in [6, 6.07) is 12.2. The second kappa shape index (κ2) is 6.18. The summed E-state index contributed by atoms with van der Waals surface area (Å²) in [5.41, 5.74) is 7.99. The van der Waals surface area contributed by atoms with Gasteiger partial charge < -0.3 is 5.73 Å². The lowest BCUT2D eigenvalue weighted by atomic mass is 10.0. The van der Waals surface area contributed by atoms with Crippen LogP contribution in [-0.4, -0.2) is 4.21 Å². The Morgan fingerprint density at radius 1 is 1.15 bits per heavy atom. The molecule has 0 spiro atoms. The molecule has 0 saturated carbocycles. The molecule has 0 saturated heterocycles. The standard InChI is InChI=1S/C16H18FNOS/c1-11(2)13-5-3-12(4-6-13)10-20(19)16-8-7-14(18)9-15(16)17/h3-9,11H,10,18H2,1-2H3. The minimum atomic E-state index is -1.40. The monoisotopic (exact) mass is 291 g/mol. The zero-order valence-corrected chi connectivity index (χ0v) is 12.4. The van der Waals surface area contributed by atoms with Crippen LogP contribution in [0.3, 0.4) is 0 Å². The van der Waals surface area contributed by atoms with Crippen LogP contribution in [0.1, 0.15) is 30.9 Å². The van der Waals surface area contributed by atoms with E-state index in [1.54, 1.807) is 6.07 Å². The van der Waals surface area contributed by atoms with Gasteiger partial charge in [0.1, 0.15) is 5.82 Å². The summed E-state index contributed by atoms with van der Waals surface area (Å²) >= 11 is 0. The van der Waals surface area contributed by atoms with Gasteiger partial charge >= 0.3 is 0 Å². The van der Waals surface area contributed by atoms with E-state index < -0.39 is 16.6 Å². The molecule has 2 nitrogen and oxygen atoms in total. The van der Waals surface area contributed by atoms with Gasteiger partial charge in [-0.05, 0) is 35.2 Å². The van der Waals surface area contributed by atoms with Crippen molar-refractivity contribution in [2.45, 2.75) is 30.4 Å². The predicted molar refractivity (Wildman–Crippen MR) is 81.5 cm³/mol. The number of nitrogens with two attached hydrogens (primary N) is 1. The number of halogens is 1. The van der Waals surface area contributed by atoms with Crippen molar-refractivity contribution in [3.63, 3.8) is 0 Å². The second-order valence-corrected chi connectivity index (χ2v) is 6.50. The molecule has 1 atom stereocenters. The fourth-order valence-corrected chi connectivity index (χ4v) is 3.08. The van der Waals surface area contributed by atoms with Crippen LogP contribution in [-0.2, 0) is 16.6 Å². The molecule has 2 aromatic rings. The molecule has 2 rings (SSSR count). The lowest BCUT2D eigenvalue weighted by Crippen LogP contribution is -2.00. The Kier molecular flexibility index (Phi) is 4.55. The van der Waals surface area contributed by atoms with Crippen molar-refractivity contribution in [3.05, 3.63) is 59.4 Å². The third kappa shape index (κ3) is 3.45. The Morgan fingerprint density at radius 2 is 1.80 bits per heavy atom. The molecule has 0 aliphatic carbocycles. The van der Waals surface area contributed by atoms with Gasteiger partial charge in [-0.15, -0.1) is 0 Å². The van der Waals surface area contributed by atoms with Gasteiger partial charge in [-0.2, -0.15) is 0 Å². The number of nitrogen functional groups attached to an aromatic ring is 1.